The quantitative estimate of drug-likeness (QED) is 0.455. The second-order valence-corrected chi connectivity index (χ2v) is 7.76. The molecule has 4 aromatic rings. The van der Waals surface area contributed by atoms with Crippen LogP contribution in [0.1, 0.15) is 47.5 Å². The van der Waals surface area contributed by atoms with E-state index in [9.17, 15) is 0 Å². The predicted molar refractivity (Wildman–Crippen MR) is 133 cm³/mol. The van der Waals surface area contributed by atoms with Gasteiger partial charge in [0.05, 0.1) is 65.3 Å². The van der Waals surface area contributed by atoms with E-state index < -0.39 is 0 Å². The van der Waals surface area contributed by atoms with Crippen LogP contribution in [0.15, 0.2) is 60.9 Å². The van der Waals surface area contributed by atoms with E-state index in [1.165, 1.54) is 0 Å². The van der Waals surface area contributed by atoms with Crippen LogP contribution in [-0.4, -0.2) is 19.6 Å². The number of rotatable bonds is 6. The minimum atomic E-state index is 0.669. The molecule has 0 fully saturated rings. The number of benzene rings is 2. The number of anilines is 2. The Bertz CT molecular complexity index is 1300. The molecule has 172 valence electrons. The smallest absolute Gasteiger partial charge is 0.0991 e. The molecule has 8 heteroatoms. The molecule has 0 atom stereocenters. The second kappa shape index (κ2) is 11.3. The normalized spacial score (nSPS) is 10.1. The van der Waals surface area contributed by atoms with E-state index >= 15 is 0 Å². The number of aromatic nitrogens is 4. The third-order valence-corrected chi connectivity index (χ3v) is 5.36. The zero-order chi connectivity index (χ0) is 24.5. The molecule has 8 nitrogen and oxygen atoms in total. The molecule has 2 aromatic heterocycles. The van der Waals surface area contributed by atoms with Crippen LogP contribution in [0.25, 0.3) is 0 Å². The Kier molecular flexibility index (Phi) is 8.04. The molecule has 0 spiro atoms. The molecule has 34 heavy (non-hydrogen) atoms. The van der Waals surface area contributed by atoms with E-state index in [2.05, 4.69) is 29.3 Å². The van der Waals surface area contributed by atoms with Gasteiger partial charge < -0.3 is 11.5 Å². The van der Waals surface area contributed by atoms with Crippen LogP contribution in [-0.2, 0) is 25.9 Å². The maximum Gasteiger partial charge on any atom is 0.0991 e. The average Bonchev–Trinajstić information content (AvgIpc) is 3.40. The lowest BCUT2D eigenvalue weighted by atomic mass is 10.1. The molecule has 0 unspecified atom stereocenters. The summed E-state index contributed by atoms with van der Waals surface area (Å²) in [5.41, 5.74) is 18.7. The monoisotopic (exact) mass is 452 g/mol. The van der Waals surface area contributed by atoms with Gasteiger partial charge in [-0.05, 0) is 48.2 Å². The van der Waals surface area contributed by atoms with Crippen LogP contribution in [0.4, 0.5) is 11.4 Å². The fourth-order valence-electron chi connectivity index (χ4n) is 3.51. The number of nitrogens with zero attached hydrogens (tertiary/aromatic N) is 6. The summed E-state index contributed by atoms with van der Waals surface area (Å²) in [6.45, 7) is 5.45. The van der Waals surface area contributed by atoms with Gasteiger partial charge in [0.2, 0.25) is 0 Å². The summed E-state index contributed by atoms with van der Waals surface area (Å²) in [5, 5.41) is 26.1. The Hall–Kier alpha value is -4.56. The molecular formula is C26H28N8. The van der Waals surface area contributed by atoms with E-state index in [0.717, 1.165) is 46.7 Å². The molecule has 0 aliphatic carbocycles. The SMILES string of the molecule is CCc1c(N)cnn1Cc1ccc(C#N)cc1.CCc1nn(Cc2ccc(C#N)cc2)cc1N. The second-order valence-electron chi connectivity index (χ2n) is 7.76. The van der Waals surface area contributed by atoms with Gasteiger partial charge in [0, 0.05) is 6.20 Å². The predicted octanol–water partition coefficient (Wildman–Crippen LogP) is 3.90. The lowest BCUT2D eigenvalue weighted by Gasteiger charge is -2.06. The molecule has 4 rings (SSSR count). The van der Waals surface area contributed by atoms with Gasteiger partial charge in [-0.25, -0.2) is 0 Å². The highest BCUT2D eigenvalue weighted by Gasteiger charge is 2.06. The summed E-state index contributed by atoms with van der Waals surface area (Å²) < 4.78 is 3.73. The van der Waals surface area contributed by atoms with Crippen LogP contribution >= 0.6 is 0 Å². The number of hydrogen-bond acceptors (Lipinski definition) is 6. The number of nitrogen functional groups attached to an aromatic ring is 2. The van der Waals surface area contributed by atoms with Crippen LogP contribution in [0.2, 0.25) is 0 Å². The number of aryl methyl sites for hydroxylation is 1. The van der Waals surface area contributed by atoms with E-state index in [0.29, 0.717) is 24.2 Å². The summed E-state index contributed by atoms with van der Waals surface area (Å²) >= 11 is 0. The highest BCUT2D eigenvalue weighted by Crippen LogP contribution is 2.14. The summed E-state index contributed by atoms with van der Waals surface area (Å²) in [6.07, 6.45) is 5.23. The van der Waals surface area contributed by atoms with Gasteiger partial charge >= 0.3 is 0 Å². The molecule has 2 heterocycles. The minimum absolute atomic E-state index is 0.669. The standard InChI is InChI=1S/2C13H14N4/c1-2-13-12(15)8-16-17(13)9-11-5-3-10(7-14)4-6-11;1-2-13-12(15)9-17(16-13)8-11-5-3-10(7-14)4-6-11/h3-6,8H,2,9,15H2,1H3;3-6,9H,2,8,15H2,1H3. The van der Waals surface area contributed by atoms with Gasteiger partial charge in [-0.2, -0.15) is 20.7 Å². The molecule has 0 aliphatic heterocycles. The van der Waals surface area contributed by atoms with Gasteiger partial charge in [-0.15, -0.1) is 0 Å². The minimum Gasteiger partial charge on any atom is -0.396 e. The average molecular weight is 453 g/mol. The maximum absolute atomic E-state index is 8.72. The van der Waals surface area contributed by atoms with Crippen molar-refractivity contribution in [2.24, 2.45) is 0 Å². The van der Waals surface area contributed by atoms with Crippen molar-refractivity contribution in [1.82, 2.24) is 19.6 Å². The molecule has 0 saturated carbocycles. The van der Waals surface area contributed by atoms with Crippen molar-refractivity contribution in [3.63, 3.8) is 0 Å². The number of nitriles is 2. The third-order valence-electron chi connectivity index (χ3n) is 5.36. The van der Waals surface area contributed by atoms with Crippen LogP contribution < -0.4 is 11.5 Å². The Labute approximate surface area is 199 Å². The first-order valence-electron chi connectivity index (χ1n) is 11.1. The lowest BCUT2D eigenvalue weighted by molar-refractivity contribution is 0.650. The first-order valence-corrected chi connectivity index (χ1v) is 11.1. The Morgan fingerprint density at radius 3 is 1.82 bits per heavy atom. The highest BCUT2D eigenvalue weighted by atomic mass is 15.3. The molecule has 4 N–H and O–H groups in total. The van der Waals surface area contributed by atoms with Crippen molar-refractivity contribution >= 4 is 11.4 Å². The van der Waals surface area contributed by atoms with Gasteiger partial charge in [-0.3, -0.25) is 9.36 Å². The molecule has 0 bridgehead atoms. The van der Waals surface area contributed by atoms with E-state index in [4.69, 9.17) is 22.0 Å². The largest absolute Gasteiger partial charge is 0.396 e. The first-order chi connectivity index (χ1) is 16.5. The zero-order valence-electron chi connectivity index (χ0n) is 19.4. The summed E-state index contributed by atoms with van der Waals surface area (Å²) in [4.78, 5) is 0. The van der Waals surface area contributed by atoms with Crippen molar-refractivity contribution in [3.05, 3.63) is 94.6 Å². The molecule has 0 saturated heterocycles. The van der Waals surface area contributed by atoms with Crippen molar-refractivity contribution in [1.29, 1.82) is 10.5 Å². The molecule has 0 amide bonds. The first kappa shape index (κ1) is 24.1. The zero-order valence-corrected chi connectivity index (χ0v) is 19.4. The summed E-state index contributed by atoms with van der Waals surface area (Å²) in [5.74, 6) is 0. The lowest BCUT2D eigenvalue weighted by Crippen LogP contribution is -2.06. The number of hydrogen-bond donors (Lipinski definition) is 2. The molecule has 0 radical (unpaired) electrons. The molecule has 0 aliphatic rings. The van der Waals surface area contributed by atoms with Crippen LogP contribution in [0.3, 0.4) is 0 Å². The van der Waals surface area contributed by atoms with E-state index in [-0.39, 0.29) is 0 Å². The van der Waals surface area contributed by atoms with E-state index in [1.807, 2.05) is 71.0 Å². The number of nitrogens with two attached hydrogens (primary N) is 2. The van der Waals surface area contributed by atoms with Crippen molar-refractivity contribution in [3.8, 4) is 12.1 Å². The molecular weight excluding hydrogens is 424 g/mol. The topological polar surface area (TPSA) is 135 Å². The van der Waals surface area contributed by atoms with Crippen LogP contribution in [0, 0.1) is 22.7 Å². The van der Waals surface area contributed by atoms with Gasteiger partial charge in [0.15, 0.2) is 0 Å². The molecule has 2 aromatic carbocycles. The fourth-order valence-corrected chi connectivity index (χ4v) is 3.51. The summed E-state index contributed by atoms with van der Waals surface area (Å²) in [6, 6.07) is 19.2. The fraction of sp³-hybridized carbons (Fsp3) is 0.231. The Balaban J connectivity index is 0.000000191. The Morgan fingerprint density at radius 1 is 0.794 bits per heavy atom. The van der Waals surface area contributed by atoms with Gasteiger partial charge in [0.25, 0.3) is 0 Å². The van der Waals surface area contributed by atoms with Crippen molar-refractivity contribution in [2.45, 2.75) is 39.8 Å². The van der Waals surface area contributed by atoms with Crippen molar-refractivity contribution < 1.29 is 0 Å². The Morgan fingerprint density at radius 2 is 1.35 bits per heavy atom. The van der Waals surface area contributed by atoms with Crippen LogP contribution in [0.5, 0.6) is 0 Å². The highest BCUT2D eigenvalue weighted by molar-refractivity contribution is 5.42. The maximum atomic E-state index is 8.72. The van der Waals surface area contributed by atoms with Gasteiger partial charge in [-0.1, -0.05) is 38.1 Å². The third kappa shape index (κ3) is 6.02. The summed E-state index contributed by atoms with van der Waals surface area (Å²) in [7, 11) is 0. The van der Waals surface area contributed by atoms with Crippen molar-refractivity contribution in [2.75, 3.05) is 11.5 Å². The van der Waals surface area contributed by atoms with Gasteiger partial charge in [0.1, 0.15) is 0 Å². The van der Waals surface area contributed by atoms with E-state index in [1.54, 1.807) is 6.20 Å².